The lowest BCUT2D eigenvalue weighted by Gasteiger charge is -2.59. The second-order valence-corrected chi connectivity index (χ2v) is 8.87. The van der Waals surface area contributed by atoms with E-state index in [0.717, 1.165) is 30.4 Å². The molecule has 1 N–H and O–H groups in total. The Labute approximate surface area is 186 Å². The molecular weight excluding hydrogens is 407 g/mol. The largest absolute Gasteiger partial charge is 0.394 e. The highest BCUT2D eigenvalue weighted by Gasteiger charge is 2.54. The van der Waals surface area contributed by atoms with E-state index in [9.17, 15) is 19.1 Å². The summed E-state index contributed by atoms with van der Waals surface area (Å²) in [5, 5.41) is 9.94. The van der Waals surface area contributed by atoms with Gasteiger partial charge in [0.05, 0.1) is 25.2 Å². The van der Waals surface area contributed by atoms with Crippen LogP contribution in [0, 0.1) is 23.6 Å². The molecule has 0 aromatic heterocycles. The van der Waals surface area contributed by atoms with Gasteiger partial charge < -0.3 is 14.9 Å². The van der Waals surface area contributed by atoms with Crippen molar-refractivity contribution in [1.82, 2.24) is 9.80 Å². The van der Waals surface area contributed by atoms with Gasteiger partial charge in [-0.05, 0) is 48.7 Å². The van der Waals surface area contributed by atoms with E-state index in [4.69, 9.17) is 0 Å². The molecule has 1 aliphatic carbocycles. The number of benzene rings is 2. The molecule has 5 nitrogen and oxygen atoms in total. The molecule has 6 heteroatoms. The number of nitrogens with zero attached hydrogens (tertiary/aromatic N) is 2. The number of amides is 2. The van der Waals surface area contributed by atoms with Gasteiger partial charge in [0, 0.05) is 29.5 Å². The molecule has 0 bridgehead atoms. The van der Waals surface area contributed by atoms with Crippen molar-refractivity contribution in [3.05, 3.63) is 71.0 Å². The molecule has 2 amide bonds. The van der Waals surface area contributed by atoms with Crippen molar-refractivity contribution >= 4 is 11.8 Å². The number of rotatable bonds is 3. The summed E-state index contributed by atoms with van der Waals surface area (Å²) in [6.45, 7) is 0.525. The Kier molecular flexibility index (Phi) is 5.44. The van der Waals surface area contributed by atoms with Crippen LogP contribution in [0.5, 0.6) is 0 Å². The fourth-order valence-electron chi connectivity index (χ4n) is 5.08. The van der Waals surface area contributed by atoms with E-state index in [1.807, 2.05) is 24.3 Å². The summed E-state index contributed by atoms with van der Waals surface area (Å²) in [4.78, 5) is 28.9. The van der Waals surface area contributed by atoms with E-state index >= 15 is 0 Å². The number of piperazine rings is 1. The molecule has 0 unspecified atom stereocenters. The smallest absolute Gasteiger partial charge is 0.242 e. The topological polar surface area (TPSA) is 60.9 Å². The molecule has 0 spiro atoms. The van der Waals surface area contributed by atoms with Crippen molar-refractivity contribution in [3.63, 3.8) is 0 Å². The number of fused-ring (bicyclic) bond motifs is 1. The second kappa shape index (κ2) is 8.40. The van der Waals surface area contributed by atoms with Crippen LogP contribution in [-0.4, -0.2) is 58.5 Å². The molecule has 2 aromatic rings. The number of carbonyl (C=O) groups excluding carboxylic acids is 2. The van der Waals surface area contributed by atoms with Crippen molar-refractivity contribution in [3.8, 4) is 11.8 Å². The average Bonchev–Trinajstić information content (AvgIpc) is 2.73. The fourth-order valence-corrected chi connectivity index (χ4v) is 5.08. The standard InChI is InChI=1S/C26H25FN2O3/c27-21-6-1-3-18(13-21)8-7-17-9-11-19(12-10-17)25-22-14-28(26(32)20-4-2-5-20)15-24(31)29(22)23(25)16-30/h1,3,6,9-13,20,22-23,25,30H,2,4-5,14-16H2/t22-,23+,25-/m1/s1. The summed E-state index contributed by atoms with van der Waals surface area (Å²) >= 11 is 0. The van der Waals surface area contributed by atoms with Gasteiger partial charge in [-0.15, -0.1) is 0 Å². The van der Waals surface area contributed by atoms with E-state index in [1.165, 1.54) is 12.1 Å². The quantitative estimate of drug-likeness (QED) is 0.759. The summed E-state index contributed by atoms with van der Waals surface area (Å²) in [7, 11) is 0. The first kappa shape index (κ1) is 20.7. The van der Waals surface area contributed by atoms with Gasteiger partial charge >= 0.3 is 0 Å². The maximum Gasteiger partial charge on any atom is 0.242 e. The van der Waals surface area contributed by atoms with E-state index in [2.05, 4.69) is 11.8 Å². The molecule has 3 aliphatic rings. The molecule has 2 aromatic carbocycles. The Morgan fingerprint density at radius 2 is 1.84 bits per heavy atom. The molecule has 0 radical (unpaired) electrons. The van der Waals surface area contributed by atoms with E-state index in [-0.39, 0.29) is 54.7 Å². The number of carbonyl (C=O) groups is 2. The molecule has 164 valence electrons. The zero-order chi connectivity index (χ0) is 22.2. The number of aliphatic hydroxyl groups is 1. The van der Waals surface area contributed by atoms with Crippen LogP contribution in [0.15, 0.2) is 48.5 Å². The summed E-state index contributed by atoms with van der Waals surface area (Å²) in [5.74, 6) is 5.75. The second-order valence-electron chi connectivity index (χ2n) is 8.87. The van der Waals surface area contributed by atoms with Crippen LogP contribution in [0.25, 0.3) is 0 Å². The number of hydrogen-bond acceptors (Lipinski definition) is 3. The molecular formula is C26H25FN2O3. The maximum atomic E-state index is 13.3. The lowest BCUT2D eigenvalue weighted by Crippen LogP contribution is -2.73. The molecule has 5 rings (SSSR count). The van der Waals surface area contributed by atoms with Gasteiger partial charge in [0.2, 0.25) is 11.8 Å². The van der Waals surface area contributed by atoms with Crippen LogP contribution in [0.2, 0.25) is 0 Å². The zero-order valence-electron chi connectivity index (χ0n) is 17.7. The van der Waals surface area contributed by atoms with Crippen LogP contribution in [0.1, 0.15) is 41.9 Å². The van der Waals surface area contributed by atoms with Crippen molar-refractivity contribution < 1.29 is 19.1 Å². The molecule has 32 heavy (non-hydrogen) atoms. The molecule has 2 aliphatic heterocycles. The molecule has 2 saturated heterocycles. The first-order valence-corrected chi connectivity index (χ1v) is 11.1. The predicted octanol–water partition coefficient (Wildman–Crippen LogP) is 2.52. The Balaban J connectivity index is 1.33. The Bertz CT molecular complexity index is 1100. The van der Waals surface area contributed by atoms with Gasteiger partial charge in [0.25, 0.3) is 0 Å². The average molecular weight is 432 g/mol. The number of hydrogen-bond donors (Lipinski definition) is 1. The minimum Gasteiger partial charge on any atom is -0.394 e. The lowest BCUT2D eigenvalue weighted by molar-refractivity contribution is -0.169. The van der Waals surface area contributed by atoms with Crippen molar-refractivity contribution in [2.45, 2.75) is 37.3 Å². The van der Waals surface area contributed by atoms with Gasteiger partial charge in [-0.1, -0.05) is 36.5 Å². The zero-order valence-corrected chi connectivity index (χ0v) is 17.7. The molecule has 1 saturated carbocycles. The summed E-state index contributed by atoms with van der Waals surface area (Å²) in [6, 6.07) is 13.5. The number of aliphatic hydroxyl groups excluding tert-OH is 1. The highest BCUT2D eigenvalue weighted by Crippen LogP contribution is 2.43. The highest BCUT2D eigenvalue weighted by atomic mass is 19.1. The van der Waals surface area contributed by atoms with Gasteiger partial charge in [-0.25, -0.2) is 4.39 Å². The maximum absolute atomic E-state index is 13.3. The van der Waals surface area contributed by atoms with Gasteiger partial charge in [0.1, 0.15) is 5.82 Å². The summed E-state index contributed by atoms with van der Waals surface area (Å²) < 4.78 is 13.3. The molecule has 3 fully saturated rings. The van der Waals surface area contributed by atoms with Crippen molar-refractivity contribution in [2.75, 3.05) is 19.7 Å². The predicted molar refractivity (Wildman–Crippen MR) is 117 cm³/mol. The third-order valence-corrected chi connectivity index (χ3v) is 6.99. The Hall–Kier alpha value is -3.17. The van der Waals surface area contributed by atoms with E-state index < -0.39 is 0 Å². The minimum absolute atomic E-state index is 0.0221. The van der Waals surface area contributed by atoms with Crippen molar-refractivity contribution in [2.24, 2.45) is 5.92 Å². The summed E-state index contributed by atoms with van der Waals surface area (Å²) in [6.07, 6.45) is 2.91. The first-order valence-electron chi connectivity index (χ1n) is 11.1. The number of halogens is 1. The lowest BCUT2D eigenvalue weighted by atomic mass is 9.73. The third-order valence-electron chi connectivity index (χ3n) is 6.99. The van der Waals surface area contributed by atoms with Crippen LogP contribution in [0.3, 0.4) is 0 Å². The first-order chi connectivity index (χ1) is 15.5. The normalized spacial score (nSPS) is 24.7. The van der Waals surface area contributed by atoms with Gasteiger partial charge in [-0.2, -0.15) is 0 Å². The Morgan fingerprint density at radius 3 is 2.50 bits per heavy atom. The minimum atomic E-state index is -0.316. The van der Waals surface area contributed by atoms with Crippen LogP contribution in [0.4, 0.5) is 4.39 Å². The van der Waals surface area contributed by atoms with Crippen LogP contribution >= 0.6 is 0 Å². The van der Waals surface area contributed by atoms with E-state index in [0.29, 0.717) is 12.1 Å². The van der Waals surface area contributed by atoms with Crippen LogP contribution in [-0.2, 0) is 9.59 Å². The SMILES string of the molecule is O=C(C1CCC1)N1CC(=O)N2[C@H](C1)[C@@H](c1ccc(C#Cc3cccc(F)c3)cc1)[C@@H]2CO. The highest BCUT2D eigenvalue weighted by molar-refractivity contribution is 5.89. The van der Waals surface area contributed by atoms with Gasteiger partial charge in [-0.3, -0.25) is 9.59 Å². The third kappa shape index (κ3) is 3.67. The summed E-state index contributed by atoms with van der Waals surface area (Å²) in [5.41, 5.74) is 2.43. The van der Waals surface area contributed by atoms with Crippen LogP contribution < -0.4 is 0 Å². The fraction of sp³-hybridized carbons (Fsp3) is 0.385. The van der Waals surface area contributed by atoms with Crippen molar-refractivity contribution in [1.29, 1.82) is 0 Å². The molecule has 3 atom stereocenters. The molecule has 2 heterocycles. The Morgan fingerprint density at radius 1 is 1.09 bits per heavy atom. The monoisotopic (exact) mass is 432 g/mol. The van der Waals surface area contributed by atoms with E-state index in [1.54, 1.807) is 21.9 Å². The van der Waals surface area contributed by atoms with Gasteiger partial charge in [0.15, 0.2) is 0 Å².